The Morgan fingerprint density at radius 2 is 2.16 bits per heavy atom. The topological polar surface area (TPSA) is 84.2 Å². The number of nitrogens with one attached hydrogen (secondary N) is 2. The molecule has 3 aromatic rings. The molecule has 0 radical (unpaired) electrons. The molecule has 3 rings (SSSR count). The van der Waals surface area contributed by atoms with Gasteiger partial charge in [-0.1, -0.05) is 38.0 Å². The lowest BCUT2D eigenvalue weighted by Gasteiger charge is -2.16. The number of hydrogen-bond donors (Lipinski definition) is 2. The van der Waals surface area contributed by atoms with E-state index in [9.17, 15) is 9.59 Å². The standard InChI is InChI=1S/C18H19N3O3S/c1-2-3-7-13(16(22)21-18-19-9-10-25-18)20-17(23)15-11-12-6-4-5-8-14(12)24-15/h4-6,8-11,13H,2-3,7H2,1H3,(H,20,23)(H,19,21,22)/t13-/m0/s1. The SMILES string of the molecule is CCCC[C@H](NC(=O)c1cc2ccccc2o1)C(=O)Nc1nccs1. The molecular weight excluding hydrogens is 338 g/mol. The number of hydrogen-bond acceptors (Lipinski definition) is 5. The van der Waals surface area contributed by atoms with Crippen molar-refractivity contribution in [3.05, 3.63) is 47.7 Å². The van der Waals surface area contributed by atoms with Gasteiger partial charge in [-0.2, -0.15) is 0 Å². The van der Waals surface area contributed by atoms with E-state index in [0.717, 1.165) is 18.2 Å². The lowest BCUT2D eigenvalue weighted by Crippen LogP contribution is -2.43. The van der Waals surface area contributed by atoms with Crippen LogP contribution in [0.25, 0.3) is 11.0 Å². The molecule has 7 heteroatoms. The van der Waals surface area contributed by atoms with Gasteiger partial charge in [-0.3, -0.25) is 9.59 Å². The zero-order valence-corrected chi connectivity index (χ0v) is 14.6. The highest BCUT2D eigenvalue weighted by Crippen LogP contribution is 2.19. The molecule has 0 fully saturated rings. The Morgan fingerprint density at radius 3 is 2.88 bits per heavy atom. The van der Waals surface area contributed by atoms with Crippen molar-refractivity contribution in [1.82, 2.24) is 10.3 Å². The number of nitrogens with zero attached hydrogens (tertiary/aromatic N) is 1. The average Bonchev–Trinajstić information content (AvgIpc) is 3.27. The number of amides is 2. The Labute approximate surface area is 149 Å². The van der Waals surface area contributed by atoms with E-state index in [-0.39, 0.29) is 11.7 Å². The first kappa shape index (κ1) is 17.2. The summed E-state index contributed by atoms with van der Waals surface area (Å²) in [5, 5.41) is 8.66. The highest BCUT2D eigenvalue weighted by molar-refractivity contribution is 7.13. The number of anilines is 1. The summed E-state index contributed by atoms with van der Waals surface area (Å²) in [6, 6.07) is 8.45. The summed E-state index contributed by atoms with van der Waals surface area (Å²) in [4.78, 5) is 29.0. The van der Waals surface area contributed by atoms with Gasteiger partial charge in [0.2, 0.25) is 5.91 Å². The maximum absolute atomic E-state index is 12.5. The molecule has 1 aromatic carbocycles. The Bertz CT molecular complexity index is 824. The van der Waals surface area contributed by atoms with E-state index in [0.29, 0.717) is 17.1 Å². The molecule has 0 aliphatic rings. The van der Waals surface area contributed by atoms with Gasteiger partial charge >= 0.3 is 0 Å². The number of furan rings is 1. The van der Waals surface area contributed by atoms with Gasteiger partial charge in [-0.05, 0) is 18.6 Å². The van der Waals surface area contributed by atoms with Gasteiger partial charge in [-0.25, -0.2) is 4.98 Å². The number of thiazole rings is 1. The smallest absolute Gasteiger partial charge is 0.287 e. The Kier molecular flexibility index (Phi) is 5.45. The van der Waals surface area contributed by atoms with Crippen molar-refractivity contribution in [3.63, 3.8) is 0 Å². The first-order valence-corrected chi connectivity index (χ1v) is 9.05. The summed E-state index contributed by atoms with van der Waals surface area (Å²) in [5.41, 5.74) is 0.644. The molecular formula is C18H19N3O3S. The highest BCUT2D eigenvalue weighted by Gasteiger charge is 2.23. The third-order valence-corrected chi connectivity index (χ3v) is 4.47. The second-order valence-electron chi connectivity index (χ2n) is 5.64. The maximum Gasteiger partial charge on any atom is 0.287 e. The van der Waals surface area contributed by atoms with E-state index >= 15 is 0 Å². The van der Waals surface area contributed by atoms with E-state index in [4.69, 9.17) is 4.42 Å². The second-order valence-corrected chi connectivity index (χ2v) is 6.54. The first-order valence-electron chi connectivity index (χ1n) is 8.17. The van der Waals surface area contributed by atoms with Crippen LogP contribution in [0, 0.1) is 0 Å². The fourth-order valence-electron chi connectivity index (χ4n) is 2.48. The van der Waals surface area contributed by atoms with E-state index < -0.39 is 11.9 Å². The number of aromatic nitrogens is 1. The predicted octanol–water partition coefficient (Wildman–Crippen LogP) is 3.82. The van der Waals surface area contributed by atoms with Gasteiger partial charge in [-0.15, -0.1) is 11.3 Å². The summed E-state index contributed by atoms with van der Waals surface area (Å²) in [6.45, 7) is 2.04. The van der Waals surface area contributed by atoms with Gasteiger partial charge in [0.25, 0.3) is 5.91 Å². The Hall–Kier alpha value is -2.67. The van der Waals surface area contributed by atoms with Crippen molar-refractivity contribution in [2.75, 3.05) is 5.32 Å². The van der Waals surface area contributed by atoms with Crippen LogP contribution < -0.4 is 10.6 Å². The fourth-order valence-corrected chi connectivity index (χ4v) is 3.01. The molecule has 6 nitrogen and oxygen atoms in total. The van der Waals surface area contributed by atoms with E-state index in [2.05, 4.69) is 15.6 Å². The number of carbonyl (C=O) groups excluding carboxylic acids is 2. The van der Waals surface area contributed by atoms with Crippen LogP contribution >= 0.6 is 11.3 Å². The third kappa shape index (κ3) is 4.24. The van der Waals surface area contributed by atoms with Gasteiger partial charge in [0.05, 0.1) is 0 Å². The van der Waals surface area contributed by atoms with Crippen LogP contribution in [0.1, 0.15) is 36.7 Å². The minimum absolute atomic E-state index is 0.199. The molecule has 0 aliphatic heterocycles. The van der Waals surface area contributed by atoms with Crippen LogP contribution in [0.4, 0.5) is 5.13 Å². The normalized spacial score (nSPS) is 12.0. The van der Waals surface area contributed by atoms with E-state index in [1.807, 2.05) is 25.1 Å². The van der Waals surface area contributed by atoms with Gasteiger partial charge < -0.3 is 15.1 Å². The van der Waals surface area contributed by atoms with Crippen molar-refractivity contribution < 1.29 is 14.0 Å². The molecule has 2 aromatic heterocycles. The molecule has 0 aliphatic carbocycles. The molecule has 0 saturated heterocycles. The van der Waals surface area contributed by atoms with E-state index in [1.165, 1.54) is 11.3 Å². The number of benzene rings is 1. The molecule has 0 unspecified atom stereocenters. The lowest BCUT2D eigenvalue weighted by molar-refractivity contribution is -0.118. The van der Waals surface area contributed by atoms with Crippen LogP contribution in [0.3, 0.4) is 0 Å². The summed E-state index contributed by atoms with van der Waals surface area (Å²) >= 11 is 1.34. The van der Waals surface area contributed by atoms with Crippen LogP contribution in [-0.4, -0.2) is 22.8 Å². The molecule has 0 spiro atoms. The minimum atomic E-state index is -0.635. The molecule has 130 valence electrons. The molecule has 1 atom stereocenters. The van der Waals surface area contributed by atoms with E-state index in [1.54, 1.807) is 23.7 Å². The minimum Gasteiger partial charge on any atom is -0.451 e. The van der Waals surface area contributed by atoms with Crippen molar-refractivity contribution in [2.45, 2.75) is 32.2 Å². The third-order valence-electron chi connectivity index (χ3n) is 3.78. The predicted molar refractivity (Wildman–Crippen MR) is 97.7 cm³/mol. The van der Waals surface area contributed by atoms with Crippen LogP contribution in [0.15, 0.2) is 46.3 Å². The van der Waals surface area contributed by atoms with Gasteiger partial charge in [0, 0.05) is 17.0 Å². The molecule has 25 heavy (non-hydrogen) atoms. The van der Waals surface area contributed by atoms with Crippen LogP contribution in [0.2, 0.25) is 0 Å². The largest absolute Gasteiger partial charge is 0.451 e. The molecule has 2 N–H and O–H groups in total. The van der Waals surface area contributed by atoms with Crippen molar-refractivity contribution in [1.29, 1.82) is 0 Å². The van der Waals surface area contributed by atoms with Crippen molar-refractivity contribution >= 4 is 39.3 Å². The number of carbonyl (C=O) groups is 2. The summed E-state index contributed by atoms with van der Waals surface area (Å²) in [6.07, 6.45) is 3.94. The Balaban J connectivity index is 1.72. The number of para-hydroxylation sites is 1. The summed E-state index contributed by atoms with van der Waals surface area (Å²) in [7, 11) is 0. The number of rotatable bonds is 7. The fraction of sp³-hybridized carbons (Fsp3) is 0.278. The first-order chi connectivity index (χ1) is 12.2. The molecule has 2 amide bonds. The molecule has 0 bridgehead atoms. The summed E-state index contributed by atoms with van der Waals surface area (Å²) in [5.74, 6) is -0.468. The van der Waals surface area contributed by atoms with Crippen molar-refractivity contribution in [3.8, 4) is 0 Å². The zero-order chi connectivity index (χ0) is 17.6. The number of unbranched alkanes of at least 4 members (excludes halogenated alkanes) is 1. The van der Waals surface area contributed by atoms with Gasteiger partial charge in [0.1, 0.15) is 11.6 Å². The van der Waals surface area contributed by atoms with Crippen molar-refractivity contribution in [2.24, 2.45) is 0 Å². The maximum atomic E-state index is 12.5. The number of fused-ring (bicyclic) bond motifs is 1. The lowest BCUT2D eigenvalue weighted by atomic mass is 10.1. The molecule has 0 saturated carbocycles. The second kappa shape index (κ2) is 7.94. The zero-order valence-electron chi connectivity index (χ0n) is 13.8. The molecule has 2 heterocycles. The van der Waals surface area contributed by atoms with Crippen LogP contribution in [0.5, 0.6) is 0 Å². The van der Waals surface area contributed by atoms with Crippen LogP contribution in [-0.2, 0) is 4.79 Å². The monoisotopic (exact) mass is 357 g/mol. The highest BCUT2D eigenvalue weighted by atomic mass is 32.1. The Morgan fingerprint density at radius 1 is 1.32 bits per heavy atom. The quantitative estimate of drug-likeness (QED) is 0.673. The average molecular weight is 357 g/mol. The summed E-state index contributed by atoms with van der Waals surface area (Å²) < 4.78 is 5.57. The van der Waals surface area contributed by atoms with Gasteiger partial charge in [0.15, 0.2) is 10.9 Å².